The zero-order valence-electron chi connectivity index (χ0n) is 20.6. The lowest BCUT2D eigenvalue weighted by molar-refractivity contribution is -0.126. The molecular weight excluding hydrogens is 476 g/mol. The monoisotopic (exact) mass is 502 g/mol. The van der Waals surface area contributed by atoms with Gasteiger partial charge >= 0.3 is 5.97 Å². The number of amides is 2. The minimum absolute atomic E-state index is 0.249. The maximum Gasteiger partial charge on any atom is 0.338 e. The van der Waals surface area contributed by atoms with Crippen LogP contribution in [0.4, 0.5) is 11.4 Å². The largest absolute Gasteiger partial charge is 0.497 e. The molecule has 0 aromatic heterocycles. The summed E-state index contributed by atoms with van der Waals surface area (Å²) in [6, 6.07) is 20.2. The molecule has 0 saturated carbocycles. The van der Waals surface area contributed by atoms with Gasteiger partial charge in [-0.1, -0.05) is 18.2 Å². The van der Waals surface area contributed by atoms with Crippen molar-refractivity contribution in [3.05, 3.63) is 83.9 Å². The number of anilines is 2. The summed E-state index contributed by atoms with van der Waals surface area (Å²) in [5.41, 5.74) is 2.07. The van der Waals surface area contributed by atoms with E-state index in [1.54, 1.807) is 43.4 Å². The standard InChI is InChI=1S/C28H26N2O7/c1-4-36-28(33)17-10-12-18(13-11-17)29-26(31)23-24(21-15-14-20(34-2)16-22(21)35-3)30(37-25(23)27(29)32)19-8-6-5-7-9-19/h5-16,23-25H,4H2,1-3H3/t23-,24+,25+/m0/s1. The molecule has 3 aromatic rings. The lowest BCUT2D eigenvalue weighted by Crippen LogP contribution is -2.37. The first kappa shape index (κ1) is 24.3. The number of para-hydroxylation sites is 1. The molecular formula is C28H26N2O7. The molecule has 0 radical (unpaired) electrons. The van der Waals surface area contributed by atoms with Gasteiger partial charge in [-0.15, -0.1) is 0 Å². The fraction of sp³-hybridized carbons (Fsp3) is 0.250. The lowest BCUT2D eigenvalue weighted by Gasteiger charge is -2.29. The van der Waals surface area contributed by atoms with Gasteiger partial charge in [0, 0.05) is 11.6 Å². The van der Waals surface area contributed by atoms with Crippen molar-refractivity contribution < 1.29 is 33.4 Å². The second-order valence-corrected chi connectivity index (χ2v) is 8.55. The number of hydroxylamine groups is 1. The zero-order valence-corrected chi connectivity index (χ0v) is 20.6. The first-order valence-electron chi connectivity index (χ1n) is 11.9. The van der Waals surface area contributed by atoms with Crippen molar-refractivity contribution in [3.8, 4) is 11.5 Å². The van der Waals surface area contributed by atoms with E-state index in [1.165, 1.54) is 19.2 Å². The van der Waals surface area contributed by atoms with Crippen LogP contribution in [0.15, 0.2) is 72.8 Å². The van der Waals surface area contributed by atoms with Gasteiger partial charge in [-0.3, -0.25) is 14.4 Å². The molecule has 190 valence electrons. The van der Waals surface area contributed by atoms with Crippen LogP contribution in [0, 0.1) is 5.92 Å². The summed E-state index contributed by atoms with van der Waals surface area (Å²) in [7, 11) is 3.10. The molecule has 0 unspecified atom stereocenters. The Morgan fingerprint density at radius 3 is 2.27 bits per heavy atom. The third-order valence-electron chi connectivity index (χ3n) is 6.52. The van der Waals surface area contributed by atoms with E-state index < -0.39 is 35.8 Å². The topological polar surface area (TPSA) is 94.6 Å². The second-order valence-electron chi connectivity index (χ2n) is 8.55. The van der Waals surface area contributed by atoms with Gasteiger partial charge in [0.25, 0.3) is 5.91 Å². The Morgan fingerprint density at radius 1 is 0.892 bits per heavy atom. The highest BCUT2D eigenvalue weighted by molar-refractivity contribution is 6.24. The van der Waals surface area contributed by atoms with Crippen LogP contribution in [0.3, 0.4) is 0 Å². The molecule has 2 aliphatic heterocycles. The van der Waals surface area contributed by atoms with Gasteiger partial charge in [-0.25, -0.2) is 14.8 Å². The molecule has 37 heavy (non-hydrogen) atoms. The third-order valence-corrected chi connectivity index (χ3v) is 6.52. The molecule has 0 N–H and O–H groups in total. The highest BCUT2D eigenvalue weighted by atomic mass is 16.7. The molecule has 2 aliphatic rings. The number of methoxy groups -OCH3 is 2. The van der Waals surface area contributed by atoms with E-state index in [1.807, 2.05) is 36.4 Å². The van der Waals surface area contributed by atoms with Crippen molar-refractivity contribution in [2.45, 2.75) is 19.1 Å². The van der Waals surface area contributed by atoms with Crippen molar-refractivity contribution in [2.24, 2.45) is 5.92 Å². The first-order chi connectivity index (χ1) is 18.0. The van der Waals surface area contributed by atoms with E-state index >= 15 is 0 Å². The highest BCUT2D eigenvalue weighted by Crippen LogP contribution is 2.49. The number of benzene rings is 3. The van der Waals surface area contributed by atoms with Crippen LogP contribution in [0.2, 0.25) is 0 Å². The predicted octanol–water partition coefficient (Wildman–Crippen LogP) is 3.93. The van der Waals surface area contributed by atoms with Crippen molar-refractivity contribution in [1.82, 2.24) is 0 Å². The van der Waals surface area contributed by atoms with Crippen LogP contribution in [-0.4, -0.2) is 44.7 Å². The molecule has 9 nitrogen and oxygen atoms in total. The van der Waals surface area contributed by atoms with E-state index in [4.69, 9.17) is 19.0 Å². The van der Waals surface area contributed by atoms with E-state index in [-0.39, 0.29) is 6.61 Å². The second kappa shape index (κ2) is 9.94. The Labute approximate surface area is 214 Å². The molecule has 2 saturated heterocycles. The Balaban J connectivity index is 1.54. The molecule has 0 spiro atoms. The number of ether oxygens (including phenoxy) is 3. The average molecular weight is 503 g/mol. The van der Waals surface area contributed by atoms with Crippen molar-refractivity contribution in [1.29, 1.82) is 0 Å². The van der Waals surface area contributed by atoms with Crippen molar-refractivity contribution in [3.63, 3.8) is 0 Å². The SMILES string of the molecule is CCOC(=O)c1ccc(N2C(=O)[C@H]3[C@@H](c4ccc(OC)cc4OC)N(c4ccccc4)O[C@H]3C2=O)cc1. The summed E-state index contributed by atoms with van der Waals surface area (Å²) >= 11 is 0. The number of esters is 1. The number of fused-ring (bicyclic) bond motifs is 1. The number of nitrogens with zero attached hydrogens (tertiary/aromatic N) is 2. The van der Waals surface area contributed by atoms with Gasteiger partial charge in [0.15, 0.2) is 6.10 Å². The summed E-state index contributed by atoms with van der Waals surface area (Å²) in [6.07, 6.45) is -1.03. The number of carbonyl (C=O) groups is 3. The average Bonchev–Trinajstić information content (AvgIpc) is 3.44. The van der Waals surface area contributed by atoms with Crippen LogP contribution in [0.1, 0.15) is 28.9 Å². The molecule has 0 aliphatic carbocycles. The Kier molecular flexibility index (Phi) is 6.54. The number of rotatable bonds is 7. The fourth-order valence-electron chi connectivity index (χ4n) is 4.81. The van der Waals surface area contributed by atoms with E-state index in [0.29, 0.717) is 34.0 Å². The van der Waals surface area contributed by atoms with Gasteiger partial charge in [-0.2, -0.15) is 0 Å². The van der Waals surface area contributed by atoms with Crippen LogP contribution >= 0.6 is 0 Å². The maximum absolute atomic E-state index is 13.8. The van der Waals surface area contributed by atoms with E-state index in [9.17, 15) is 14.4 Å². The quantitative estimate of drug-likeness (QED) is 0.354. The normalized spacial score (nSPS) is 20.7. The minimum atomic E-state index is -1.03. The highest BCUT2D eigenvalue weighted by Gasteiger charge is 2.60. The Morgan fingerprint density at radius 2 is 1.62 bits per heavy atom. The molecule has 2 heterocycles. The zero-order chi connectivity index (χ0) is 26.1. The summed E-state index contributed by atoms with van der Waals surface area (Å²) < 4.78 is 16.0. The van der Waals surface area contributed by atoms with Crippen LogP contribution < -0.4 is 19.4 Å². The molecule has 5 rings (SSSR count). The summed E-state index contributed by atoms with van der Waals surface area (Å²) in [5.74, 6) is -1.08. The van der Waals surface area contributed by atoms with E-state index in [2.05, 4.69) is 0 Å². The van der Waals surface area contributed by atoms with Crippen LogP contribution in [-0.2, 0) is 19.2 Å². The van der Waals surface area contributed by atoms with Gasteiger partial charge in [0.05, 0.1) is 43.8 Å². The van der Waals surface area contributed by atoms with Crippen LogP contribution in [0.5, 0.6) is 11.5 Å². The lowest BCUT2D eigenvalue weighted by atomic mass is 9.90. The van der Waals surface area contributed by atoms with Crippen molar-refractivity contribution in [2.75, 3.05) is 30.8 Å². The number of hydrogen-bond acceptors (Lipinski definition) is 8. The first-order valence-corrected chi connectivity index (χ1v) is 11.9. The molecule has 2 amide bonds. The van der Waals surface area contributed by atoms with Crippen LogP contribution in [0.25, 0.3) is 0 Å². The minimum Gasteiger partial charge on any atom is -0.497 e. The number of carbonyl (C=O) groups excluding carboxylic acids is 3. The van der Waals surface area contributed by atoms with Gasteiger partial charge < -0.3 is 14.2 Å². The van der Waals surface area contributed by atoms with Gasteiger partial charge in [0.1, 0.15) is 17.4 Å². The summed E-state index contributed by atoms with van der Waals surface area (Å²) in [5, 5.41) is 1.61. The molecule has 2 fully saturated rings. The Bertz CT molecular complexity index is 1330. The fourth-order valence-corrected chi connectivity index (χ4v) is 4.81. The van der Waals surface area contributed by atoms with Crippen molar-refractivity contribution >= 4 is 29.2 Å². The van der Waals surface area contributed by atoms with Gasteiger partial charge in [-0.05, 0) is 55.5 Å². The summed E-state index contributed by atoms with van der Waals surface area (Å²) in [4.78, 5) is 46.7. The Hall–Kier alpha value is -4.37. The predicted molar refractivity (Wildman–Crippen MR) is 134 cm³/mol. The number of imide groups is 1. The smallest absolute Gasteiger partial charge is 0.338 e. The van der Waals surface area contributed by atoms with E-state index in [0.717, 1.165) is 4.90 Å². The number of hydrogen-bond donors (Lipinski definition) is 0. The molecule has 9 heteroatoms. The molecule has 3 atom stereocenters. The third kappa shape index (κ3) is 4.17. The molecule has 0 bridgehead atoms. The summed E-state index contributed by atoms with van der Waals surface area (Å²) in [6.45, 7) is 1.97. The van der Waals surface area contributed by atoms with Gasteiger partial charge in [0.2, 0.25) is 5.91 Å². The molecule has 3 aromatic carbocycles. The maximum atomic E-state index is 13.8.